The van der Waals surface area contributed by atoms with Gasteiger partial charge in [-0.15, -0.1) is 0 Å². The van der Waals surface area contributed by atoms with E-state index in [2.05, 4.69) is 15.6 Å². The van der Waals surface area contributed by atoms with Crippen molar-refractivity contribution in [3.8, 4) is 0 Å². The molecule has 2 N–H and O–H groups in total. The van der Waals surface area contributed by atoms with Crippen LogP contribution in [-0.4, -0.2) is 35.5 Å². The average molecular weight is 279 g/mol. The summed E-state index contributed by atoms with van der Waals surface area (Å²) in [5.74, 6) is 3.00. The summed E-state index contributed by atoms with van der Waals surface area (Å²) in [5.41, 5.74) is 1.44. The van der Waals surface area contributed by atoms with Crippen LogP contribution in [0.15, 0.2) is 18.3 Å². The Morgan fingerprint density at radius 2 is 2.21 bits per heavy atom. The van der Waals surface area contributed by atoms with E-state index in [0.29, 0.717) is 11.6 Å². The predicted molar refractivity (Wildman–Crippen MR) is 80.8 cm³/mol. The molecule has 0 unspecified atom stereocenters. The lowest BCUT2D eigenvalue weighted by molar-refractivity contribution is 0.0941. The first-order valence-electron chi connectivity index (χ1n) is 6.85. The van der Waals surface area contributed by atoms with E-state index in [-0.39, 0.29) is 5.91 Å². The number of carbonyl (C=O) groups is 1. The van der Waals surface area contributed by atoms with Crippen molar-refractivity contribution in [3.05, 3.63) is 24.0 Å². The quantitative estimate of drug-likeness (QED) is 0.869. The van der Waals surface area contributed by atoms with Crippen LogP contribution in [-0.2, 0) is 0 Å². The fourth-order valence-corrected chi connectivity index (χ4v) is 3.32. The zero-order valence-electron chi connectivity index (χ0n) is 11.3. The largest absolute Gasteiger partial charge is 0.384 e. The van der Waals surface area contributed by atoms with Crippen LogP contribution in [0.4, 0.5) is 5.69 Å². The highest BCUT2D eigenvalue weighted by molar-refractivity contribution is 7.99. The molecule has 0 saturated carbocycles. The number of nitrogens with zero attached hydrogens (tertiary/aromatic N) is 1. The summed E-state index contributed by atoms with van der Waals surface area (Å²) < 4.78 is 0. The molecule has 1 aliphatic rings. The first-order chi connectivity index (χ1) is 9.29. The van der Waals surface area contributed by atoms with E-state index in [4.69, 9.17) is 0 Å². The van der Waals surface area contributed by atoms with Crippen molar-refractivity contribution in [1.82, 2.24) is 10.3 Å². The first-order valence-corrected chi connectivity index (χ1v) is 8.01. The number of rotatable bonds is 5. The molecular formula is C14H21N3OS. The molecule has 1 aliphatic heterocycles. The van der Waals surface area contributed by atoms with Crippen LogP contribution in [0.1, 0.15) is 30.3 Å². The van der Waals surface area contributed by atoms with Gasteiger partial charge in [-0.3, -0.25) is 4.79 Å². The summed E-state index contributed by atoms with van der Waals surface area (Å²) in [6, 6.07) is 3.66. The number of aromatic nitrogens is 1. The number of anilines is 1. The summed E-state index contributed by atoms with van der Waals surface area (Å²) in [5, 5.41) is 6.15. The Bertz CT molecular complexity index is 402. The number of amides is 1. The van der Waals surface area contributed by atoms with E-state index in [1.165, 1.54) is 24.3 Å². The van der Waals surface area contributed by atoms with E-state index in [1.807, 2.05) is 24.8 Å². The second kappa shape index (κ2) is 7.38. The average Bonchev–Trinajstić information content (AvgIpc) is 2.47. The fraction of sp³-hybridized carbons (Fsp3) is 0.571. The van der Waals surface area contributed by atoms with Crippen LogP contribution in [0.3, 0.4) is 0 Å². The van der Waals surface area contributed by atoms with E-state index in [1.54, 1.807) is 12.3 Å². The van der Waals surface area contributed by atoms with E-state index in [0.717, 1.165) is 18.8 Å². The number of pyridine rings is 1. The Balaban J connectivity index is 1.81. The molecule has 1 amide bonds. The van der Waals surface area contributed by atoms with Gasteiger partial charge in [0.1, 0.15) is 5.69 Å². The zero-order valence-corrected chi connectivity index (χ0v) is 12.1. The minimum absolute atomic E-state index is 0.0683. The minimum Gasteiger partial charge on any atom is -0.384 e. The van der Waals surface area contributed by atoms with Gasteiger partial charge in [-0.05, 0) is 49.3 Å². The van der Waals surface area contributed by atoms with Gasteiger partial charge < -0.3 is 10.6 Å². The maximum atomic E-state index is 12.0. The third-order valence-electron chi connectivity index (χ3n) is 3.27. The highest BCUT2D eigenvalue weighted by Gasteiger charge is 2.15. The maximum Gasteiger partial charge on any atom is 0.269 e. The van der Waals surface area contributed by atoms with E-state index < -0.39 is 0 Å². The lowest BCUT2D eigenvalue weighted by Crippen LogP contribution is -2.31. The number of hydrogen-bond donors (Lipinski definition) is 2. The molecule has 1 aromatic heterocycles. The summed E-state index contributed by atoms with van der Waals surface area (Å²) in [4.78, 5) is 16.1. The van der Waals surface area contributed by atoms with Gasteiger partial charge in [0.15, 0.2) is 0 Å². The molecule has 4 nitrogen and oxygen atoms in total. The SMILES string of the molecule is CCNc1ccc(C(=O)NCC2CCSCC2)nc1. The van der Waals surface area contributed by atoms with Crippen molar-refractivity contribution in [1.29, 1.82) is 0 Å². The van der Waals surface area contributed by atoms with Crippen molar-refractivity contribution in [2.24, 2.45) is 5.92 Å². The lowest BCUT2D eigenvalue weighted by Gasteiger charge is -2.21. The van der Waals surface area contributed by atoms with Gasteiger partial charge in [0.05, 0.1) is 11.9 Å². The molecular weight excluding hydrogens is 258 g/mol. The normalized spacial score (nSPS) is 16.1. The molecule has 0 radical (unpaired) electrons. The molecule has 0 bridgehead atoms. The van der Waals surface area contributed by atoms with Gasteiger partial charge in [0.2, 0.25) is 0 Å². The van der Waals surface area contributed by atoms with Gasteiger partial charge in [0, 0.05) is 13.1 Å². The summed E-state index contributed by atoms with van der Waals surface area (Å²) in [6.45, 7) is 3.66. The van der Waals surface area contributed by atoms with Gasteiger partial charge in [-0.1, -0.05) is 0 Å². The Labute approximate surface area is 118 Å². The third-order valence-corrected chi connectivity index (χ3v) is 4.32. The minimum atomic E-state index is -0.0683. The fourth-order valence-electron chi connectivity index (χ4n) is 2.11. The van der Waals surface area contributed by atoms with Crippen LogP contribution in [0.25, 0.3) is 0 Å². The Morgan fingerprint density at radius 3 is 2.84 bits per heavy atom. The highest BCUT2D eigenvalue weighted by atomic mass is 32.2. The molecule has 0 spiro atoms. The van der Waals surface area contributed by atoms with Gasteiger partial charge in [0.25, 0.3) is 5.91 Å². The van der Waals surface area contributed by atoms with Crippen LogP contribution in [0.2, 0.25) is 0 Å². The van der Waals surface area contributed by atoms with Crippen LogP contribution >= 0.6 is 11.8 Å². The molecule has 2 heterocycles. The molecule has 5 heteroatoms. The zero-order chi connectivity index (χ0) is 13.5. The Morgan fingerprint density at radius 1 is 1.42 bits per heavy atom. The molecule has 1 saturated heterocycles. The standard InChI is InChI=1S/C14H21N3OS/c1-2-15-12-3-4-13(16-10-12)14(18)17-9-11-5-7-19-8-6-11/h3-4,10-11,15H,2,5-9H2,1H3,(H,17,18). The van der Waals surface area contributed by atoms with Crippen molar-refractivity contribution in [2.75, 3.05) is 29.9 Å². The van der Waals surface area contributed by atoms with Crippen molar-refractivity contribution in [3.63, 3.8) is 0 Å². The van der Waals surface area contributed by atoms with E-state index in [9.17, 15) is 4.79 Å². The Kier molecular flexibility index (Phi) is 5.51. The van der Waals surface area contributed by atoms with Gasteiger partial charge in [-0.2, -0.15) is 11.8 Å². The van der Waals surface area contributed by atoms with Crippen LogP contribution < -0.4 is 10.6 Å². The monoisotopic (exact) mass is 279 g/mol. The molecule has 2 rings (SSSR count). The summed E-state index contributed by atoms with van der Waals surface area (Å²) in [6.07, 6.45) is 4.12. The summed E-state index contributed by atoms with van der Waals surface area (Å²) in [7, 11) is 0. The maximum absolute atomic E-state index is 12.0. The molecule has 0 aromatic carbocycles. The van der Waals surface area contributed by atoms with Gasteiger partial charge in [-0.25, -0.2) is 4.98 Å². The molecule has 19 heavy (non-hydrogen) atoms. The lowest BCUT2D eigenvalue weighted by atomic mass is 10.0. The van der Waals surface area contributed by atoms with Crippen molar-refractivity contribution in [2.45, 2.75) is 19.8 Å². The summed E-state index contributed by atoms with van der Waals surface area (Å²) >= 11 is 2.00. The molecule has 1 aromatic rings. The van der Waals surface area contributed by atoms with Crippen LogP contribution in [0.5, 0.6) is 0 Å². The molecule has 104 valence electrons. The first kappa shape index (κ1) is 14.2. The molecule has 0 atom stereocenters. The van der Waals surface area contributed by atoms with E-state index >= 15 is 0 Å². The highest BCUT2D eigenvalue weighted by Crippen LogP contribution is 2.21. The van der Waals surface area contributed by atoms with Crippen LogP contribution in [0, 0.1) is 5.92 Å². The van der Waals surface area contributed by atoms with Crippen molar-refractivity contribution >= 4 is 23.4 Å². The number of nitrogens with one attached hydrogen (secondary N) is 2. The second-order valence-corrected chi connectivity index (χ2v) is 5.95. The topological polar surface area (TPSA) is 54.0 Å². The number of hydrogen-bond acceptors (Lipinski definition) is 4. The number of thioether (sulfide) groups is 1. The number of carbonyl (C=O) groups excluding carboxylic acids is 1. The third kappa shape index (κ3) is 4.42. The molecule has 1 fully saturated rings. The van der Waals surface area contributed by atoms with Crippen molar-refractivity contribution < 1.29 is 4.79 Å². The predicted octanol–water partition coefficient (Wildman–Crippen LogP) is 2.39. The molecule has 0 aliphatic carbocycles. The smallest absolute Gasteiger partial charge is 0.269 e. The Hall–Kier alpha value is -1.23. The van der Waals surface area contributed by atoms with Gasteiger partial charge >= 0.3 is 0 Å². The second-order valence-electron chi connectivity index (χ2n) is 4.73.